The predicted molar refractivity (Wildman–Crippen MR) is 123 cm³/mol. The Labute approximate surface area is 177 Å². The summed E-state index contributed by atoms with van der Waals surface area (Å²) in [6.45, 7) is 5.46. The molecular formula is C25H28N4O. The Morgan fingerprint density at radius 2 is 1.80 bits per heavy atom. The van der Waals surface area contributed by atoms with Crippen LogP contribution in [0.2, 0.25) is 0 Å². The monoisotopic (exact) mass is 400 g/mol. The third-order valence-electron chi connectivity index (χ3n) is 5.68. The highest BCUT2D eigenvalue weighted by Crippen LogP contribution is 2.30. The molecule has 0 bridgehead atoms. The van der Waals surface area contributed by atoms with Gasteiger partial charge >= 0.3 is 0 Å². The topological polar surface area (TPSA) is 91.0 Å². The van der Waals surface area contributed by atoms with E-state index in [0.29, 0.717) is 23.1 Å². The first-order chi connectivity index (χ1) is 14.4. The van der Waals surface area contributed by atoms with Crippen LogP contribution < -0.4 is 16.4 Å². The highest BCUT2D eigenvalue weighted by molar-refractivity contribution is 6.07. The van der Waals surface area contributed by atoms with Crippen LogP contribution >= 0.6 is 0 Å². The molecule has 0 radical (unpaired) electrons. The van der Waals surface area contributed by atoms with Crippen LogP contribution in [0.25, 0.3) is 10.8 Å². The van der Waals surface area contributed by atoms with Gasteiger partial charge in [-0.2, -0.15) is 0 Å². The van der Waals surface area contributed by atoms with Crippen LogP contribution in [-0.4, -0.2) is 18.3 Å². The molecule has 0 fully saturated rings. The number of rotatable bonds is 5. The van der Waals surface area contributed by atoms with Crippen LogP contribution in [0.3, 0.4) is 0 Å². The van der Waals surface area contributed by atoms with Crippen LogP contribution in [0.4, 0.5) is 5.69 Å². The molecule has 0 saturated carbocycles. The maximum Gasteiger partial charge on any atom is 0.255 e. The molecule has 1 aliphatic rings. The van der Waals surface area contributed by atoms with E-state index >= 15 is 0 Å². The number of nitrogens with two attached hydrogens (primary N) is 1. The van der Waals surface area contributed by atoms with E-state index in [-0.39, 0.29) is 11.7 Å². The number of hydrogen-bond acceptors (Lipinski definition) is 3. The molecule has 3 aromatic carbocycles. The fourth-order valence-electron chi connectivity index (χ4n) is 4.17. The van der Waals surface area contributed by atoms with Crippen molar-refractivity contribution in [2.45, 2.75) is 32.7 Å². The number of anilines is 1. The van der Waals surface area contributed by atoms with Crippen molar-refractivity contribution in [3.8, 4) is 0 Å². The Bertz CT molecular complexity index is 1120. The van der Waals surface area contributed by atoms with Crippen molar-refractivity contribution in [2.75, 3.05) is 11.9 Å². The van der Waals surface area contributed by atoms with Crippen molar-refractivity contribution in [1.82, 2.24) is 5.32 Å². The predicted octanol–water partition coefficient (Wildman–Crippen LogP) is 4.61. The molecule has 30 heavy (non-hydrogen) atoms. The molecule has 1 atom stereocenters. The summed E-state index contributed by atoms with van der Waals surface area (Å²) in [5.41, 5.74) is 10.3. The van der Waals surface area contributed by atoms with Gasteiger partial charge in [0.2, 0.25) is 0 Å². The second kappa shape index (κ2) is 8.28. The summed E-state index contributed by atoms with van der Waals surface area (Å²) in [4.78, 5) is 12.8. The summed E-state index contributed by atoms with van der Waals surface area (Å²) in [5, 5.41) is 16.1. The van der Waals surface area contributed by atoms with Crippen molar-refractivity contribution in [2.24, 2.45) is 11.7 Å². The van der Waals surface area contributed by atoms with Gasteiger partial charge in [0.05, 0.1) is 0 Å². The molecular weight excluding hydrogens is 372 g/mol. The Morgan fingerprint density at radius 3 is 2.50 bits per heavy atom. The Morgan fingerprint density at radius 1 is 1.10 bits per heavy atom. The average Bonchev–Trinajstić information content (AvgIpc) is 2.72. The third kappa shape index (κ3) is 4.21. The summed E-state index contributed by atoms with van der Waals surface area (Å²) >= 11 is 0. The van der Waals surface area contributed by atoms with E-state index in [1.165, 1.54) is 11.1 Å². The molecule has 1 amide bonds. The molecule has 4 rings (SSSR count). The molecule has 1 heterocycles. The van der Waals surface area contributed by atoms with E-state index in [0.717, 1.165) is 35.8 Å². The summed E-state index contributed by atoms with van der Waals surface area (Å²) in [5.74, 6) is 0.546. The summed E-state index contributed by atoms with van der Waals surface area (Å²) < 4.78 is 0. The molecule has 5 heteroatoms. The van der Waals surface area contributed by atoms with Crippen LogP contribution in [0, 0.1) is 11.3 Å². The highest BCUT2D eigenvalue weighted by Gasteiger charge is 2.21. The molecule has 0 spiro atoms. The number of amidine groups is 1. The van der Waals surface area contributed by atoms with Crippen molar-refractivity contribution in [3.63, 3.8) is 0 Å². The molecule has 154 valence electrons. The smallest absolute Gasteiger partial charge is 0.255 e. The number of carbonyl (C=O) groups excluding carboxylic acids is 1. The van der Waals surface area contributed by atoms with Gasteiger partial charge in [0.15, 0.2) is 0 Å². The molecule has 3 aromatic rings. The van der Waals surface area contributed by atoms with Gasteiger partial charge in [0.1, 0.15) is 5.84 Å². The fraction of sp³-hybridized carbons (Fsp3) is 0.280. The molecule has 5 nitrogen and oxygen atoms in total. The Balaban J connectivity index is 1.54. The van der Waals surface area contributed by atoms with E-state index in [9.17, 15) is 4.79 Å². The molecule has 0 aliphatic carbocycles. The maximum atomic E-state index is 12.8. The second-order valence-electron chi connectivity index (χ2n) is 8.44. The first-order valence-corrected chi connectivity index (χ1v) is 10.5. The quantitative estimate of drug-likeness (QED) is 0.372. The van der Waals surface area contributed by atoms with E-state index < -0.39 is 0 Å². The van der Waals surface area contributed by atoms with Gasteiger partial charge in [-0.3, -0.25) is 10.2 Å². The van der Waals surface area contributed by atoms with Crippen molar-refractivity contribution in [1.29, 1.82) is 5.41 Å². The minimum absolute atomic E-state index is 0.0389. The van der Waals surface area contributed by atoms with Gasteiger partial charge in [0, 0.05) is 22.9 Å². The zero-order chi connectivity index (χ0) is 21.3. The van der Waals surface area contributed by atoms with Crippen molar-refractivity contribution >= 4 is 28.2 Å². The first kappa shape index (κ1) is 20.1. The maximum absolute atomic E-state index is 12.8. The van der Waals surface area contributed by atoms with Gasteiger partial charge in [-0.1, -0.05) is 38.1 Å². The Hall–Kier alpha value is -3.18. The van der Waals surface area contributed by atoms with Crippen LogP contribution in [0.5, 0.6) is 0 Å². The SMILES string of the molecule is CC(C)CC1NCCc2cc(NC(=O)c3ccc4cc(C(=N)N)ccc4c3)ccc21. The van der Waals surface area contributed by atoms with Gasteiger partial charge < -0.3 is 16.4 Å². The van der Waals surface area contributed by atoms with E-state index in [1.807, 2.05) is 36.4 Å². The van der Waals surface area contributed by atoms with E-state index in [2.05, 4.69) is 36.6 Å². The minimum atomic E-state index is -0.125. The van der Waals surface area contributed by atoms with Gasteiger partial charge in [-0.05, 0) is 77.5 Å². The molecule has 1 aliphatic heterocycles. The van der Waals surface area contributed by atoms with Gasteiger partial charge in [0.25, 0.3) is 5.91 Å². The zero-order valence-corrected chi connectivity index (χ0v) is 17.5. The third-order valence-corrected chi connectivity index (χ3v) is 5.68. The summed E-state index contributed by atoms with van der Waals surface area (Å²) in [6, 6.07) is 17.8. The van der Waals surface area contributed by atoms with E-state index in [4.69, 9.17) is 11.1 Å². The molecule has 5 N–H and O–H groups in total. The van der Waals surface area contributed by atoms with Crippen molar-refractivity contribution < 1.29 is 4.79 Å². The highest BCUT2D eigenvalue weighted by atomic mass is 16.1. The lowest BCUT2D eigenvalue weighted by molar-refractivity contribution is 0.102. The average molecular weight is 401 g/mol. The van der Waals surface area contributed by atoms with Crippen LogP contribution in [-0.2, 0) is 6.42 Å². The normalized spacial score (nSPS) is 15.8. The van der Waals surface area contributed by atoms with Crippen LogP contribution in [0.15, 0.2) is 54.6 Å². The van der Waals surface area contributed by atoms with Gasteiger partial charge in [-0.15, -0.1) is 0 Å². The molecule has 1 unspecified atom stereocenters. The zero-order valence-electron chi connectivity index (χ0n) is 17.5. The second-order valence-corrected chi connectivity index (χ2v) is 8.44. The first-order valence-electron chi connectivity index (χ1n) is 10.5. The Kier molecular flexibility index (Phi) is 5.55. The number of fused-ring (bicyclic) bond motifs is 2. The molecule has 0 saturated heterocycles. The van der Waals surface area contributed by atoms with E-state index in [1.54, 1.807) is 6.07 Å². The number of nitrogens with one attached hydrogen (secondary N) is 3. The van der Waals surface area contributed by atoms with Crippen LogP contribution in [0.1, 0.15) is 53.4 Å². The summed E-state index contributed by atoms with van der Waals surface area (Å²) in [7, 11) is 0. The number of benzene rings is 3. The minimum Gasteiger partial charge on any atom is -0.384 e. The summed E-state index contributed by atoms with van der Waals surface area (Å²) in [6.07, 6.45) is 2.09. The fourth-order valence-corrected chi connectivity index (χ4v) is 4.17. The van der Waals surface area contributed by atoms with Gasteiger partial charge in [-0.25, -0.2) is 0 Å². The standard InChI is InChI=1S/C25H28N4O/c1-15(2)11-23-22-8-7-21(14-18(22)9-10-28-23)29-25(30)20-6-4-16-12-19(24(26)27)5-3-17(16)13-20/h3-8,12-15,23,28H,9-11H2,1-2H3,(H3,26,27)(H,29,30). The molecule has 0 aromatic heterocycles. The number of carbonyl (C=O) groups is 1. The largest absolute Gasteiger partial charge is 0.384 e. The lowest BCUT2D eigenvalue weighted by Crippen LogP contribution is -2.30. The lowest BCUT2D eigenvalue weighted by atomic mass is 9.89. The van der Waals surface area contributed by atoms with Crippen molar-refractivity contribution in [3.05, 3.63) is 76.9 Å². The number of hydrogen-bond donors (Lipinski definition) is 4. The lowest BCUT2D eigenvalue weighted by Gasteiger charge is -2.28. The number of amides is 1. The number of nitrogen functional groups attached to an aromatic ring is 1.